The van der Waals surface area contributed by atoms with E-state index in [4.69, 9.17) is 17.3 Å². The second-order valence-electron chi connectivity index (χ2n) is 3.76. The SMILES string of the molecule is Cc1ccc(C(N)c2ncccc2Cl)cc1. The molecule has 0 spiro atoms. The van der Waals surface area contributed by atoms with Crippen LogP contribution in [0.25, 0.3) is 0 Å². The lowest BCUT2D eigenvalue weighted by Gasteiger charge is -2.12. The fourth-order valence-electron chi connectivity index (χ4n) is 1.56. The van der Waals surface area contributed by atoms with Crippen molar-refractivity contribution in [1.82, 2.24) is 4.98 Å². The topological polar surface area (TPSA) is 38.9 Å². The summed E-state index contributed by atoms with van der Waals surface area (Å²) in [5.74, 6) is 0. The zero-order chi connectivity index (χ0) is 11.5. The van der Waals surface area contributed by atoms with E-state index in [1.54, 1.807) is 18.3 Å². The lowest BCUT2D eigenvalue weighted by molar-refractivity contribution is 0.829. The van der Waals surface area contributed by atoms with Gasteiger partial charge in [-0.3, -0.25) is 4.98 Å². The van der Waals surface area contributed by atoms with E-state index in [1.807, 2.05) is 31.2 Å². The van der Waals surface area contributed by atoms with Crippen molar-refractivity contribution < 1.29 is 0 Å². The predicted molar refractivity (Wildman–Crippen MR) is 66.5 cm³/mol. The molecule has 0 aliphatic carbocycles. The Labute approximate surface area is 100 Å². The fourth-order valence-corrected chi connectivity index (χ4v) is 1.80. The standard InChI is InChI=1S/C13H13ClN2/c1-9-4-6-10(7-5-9)12(15)13-11(14)3-2-8-16-13/h2-8,12H,15H2,1H3. The molecule has 16 heavy (non-hydrogen) atoms. The molecule has 1 aromatic carbocycles. The average molecular weight is 233 g/mol. The summed E-state index contributed by atoms with van der Waals surface area (Å²) in [5, 5.41) is 0.607. The number of aromatic nitrogens is 1. The Kier molecular flexibility index (Phi) is 3.22. The van der Waals surface area contributed by atoms with Gasteiger partial charge in [0.1, 0.15) is 0 Å². The van der Waals surface area contributed by atoms with Crippen molar-refractivity contribution in [3.63, 3.8) is 0 Å². The van der Waals surface area contributed by atoms with Crippen molar-refractivity contribution in [1.29, 1.82) is 0 Å². The zero-order valence-corrected chi connectivity index (χ0v) is 9.78. The third-order valence-electron chi connectivity index (χ3n) is 2.52. The van der Waals surface area contributed by atoms with E-state index in [0.717, 1.165) is 5.56 Å². The van der Waals surface area contributed by atoms with E-state index >= 15 is 0 Å². The Bertz CT molecular complexity index is 480. The van der Waals surface area contributed by atoms with Crippen LogP contribution in [0.4, 0.5) is 0 Å². The van der Waals surface area contributed by atoms with E-state index in [-0.39, 0.29) is 6.04 Å². The van der Waals surface area contributed by atoms with Crippen molar-refractivity contribution in [2.75, 3.05) is 0 Å². The van der Waals surface area contributed by atoms with E-state index in [2.05, 4.69) is 4.98 Å². The summed E-state index contributed by atoms with van der Waals surface area (Å²) in [4.78, 5) is 4.22. The second-order valence-corrected chi connectivity index (χ2v) is 4.17. The van der Waals surface area contributed by atoms with Crippen LogP contribution < -0.4 is 5.73 Å². The molecule has 1 heterocycles. The highest BCUT2D eigenvalue weighted by Crippen LogP contribution is 2.24. The maximum Gasteiger partial charge on any atom is 0.0802 e. The molecule has 2 N–H and O–H groups in total. The van der Waals surface area contributed by atoms with Gasteiger partial charge in [0.25, 0.3) is 0 Å². The number of aryl methyl sites for hydroxylation is 1. The number of hydrogen-bond acceptors (Lipinski definition) is 2. The smallest absolute Gasteiger partial charge is 0.0802 e. The fraction of sp³-hybridized carbons (Fsp3) is 0.154. The molecule has 0 amide bonds. The average Bonchev–Trinajstić information content (AvgIpc) is 2.30. The number of halogens is 1. The van der Waals surface area contributed by atoms with Crippen LogP contribution in [0.3, 0.4) is 0 Å². The number of nitrogens with two attached hydrogens (primary N) is 1. The minimum absolute atomic E-state index is 0.269. The zero-order valence-electron chi connectivity index (χ0n) is 9.02. The van der Waals surface area contributed by atoms with Crippen LogP contribution in [0.1, 0.15) is 22.9 Å². The van der Waals surface area contributed by atoms with Crippen molar-refractivity contribution in [3.8, 4) is 0 Å². The first kappa shape index (κ1) is 11.1. The Hall–Kier alpha value is -1.38. The minimum atomic E-state index is -0.269. The Morgan fingerprint density at radius 1 is 1.19 bits per heavy atom. The molecule has 0 aliphatic rings. The largest absolute Gasteiger partial charge is 0.319 e. The highest BCUT2D eigenvalue weighted by molar-refractivity contribution is 6.31. The quantitative estimate of drug-likeness (QED) is 0.864. The molecule has 3 heteroatoms. The number of benzene rings is 1. The molecule has 2 aromatic rings. The lowest BCUT2D eigenvalue weighted by Crippen LogP contribution is -2.13. The first-order valence-corrected chi connectivity index (χ1v) is 5.49. The van der Waals surface area contributed by atoms with Gasteiger partial charge in [0.05, 0.1) is 16.8 Å². The van der Waals surface area contributed by atoms with Gasteiger partial charge in [-0.05, 0) is 24.6 Å². The molecule has 0 saturated heterocycles. The third kappa shape index (κ3) is 2.23. The highest BCUT2D eigenvalue weighted by atomic mass is 35.5. The molecule has 1 unspecified atom stereocenters. The van der Waals surface area contributed by atoms with Crippen LogP contribution in [-0.4, -0.2) is 4.98 Å². The Morgan fingerprint density at radius 3 is 2.50 bits per heavy atom. The van der Waals surface area contributed by atoms with Crippen LogP contribution >= 0.6 is 11.6 Å². The Balaban J connectivity index is 2.35. The molecule has 0 fully saturated rings. The maximum atomic E-state index is 6.12. The van der Waals surface area contributed by atoms with Gasteiger partial charge in [-0.25, -0.2) is 0 Å². The number of hydrogen-bond donors (Lipinski definition) is 1. The number of rotatable bonds is 2. The van der Waals surface area contributed by atoms with Crippen molar-refractivity contribution in [2.45, 2.75) is 13.0 Å². The van der Waals surface area contributed by atoms with E-state index in [1.165, 1.54) is 5.56 Å². The molecule has 2 nitrogen and oxygen atoms in total. The van der Waals surface area contributed by atoms with Gasteiger partial charge in [0.15, 0.2) is 0 Å². The molecule has 1 atom stereocenters. The van der Waals surface area contributed by atoms with E-state index < -0.39 is 0 Å². The minimum Gasteiger partial charge on any atom is -0.319 e. The van der Waals surface area contributed by atoms with Crippen LogP contribution in [0.2, 0.25) is 5.02 Å². The predicted octanol–water partition coefficient (Wildman–Crippen LogP) is 3.09. The summed E-state index contributed by atoms with van der Waals surface area (Å²) in [6.45, 7) is 2.04. The lowest BCUT2D eigenvalue weighted by atomic mass is 10.0. The Morgan fingerprint density at radius 2 is 1.88 bits per heavy atom. The molecule has 2 rings (SSSR count). The van der Waals surface area contributed by atoms with Gasteiger partial charge >= 0.3 is 0 Å². The second kappa shape index (κ2) is 4.64. The first-order valence-electron chi connectivity index (χ1n) is 5.11. The van der Waals surface area contributed by atoms with Crippen molar-refractivity contribution in [2.24, 2.45) is 5.73 Å². The van der Waals surface area contributed by atoms with Gasteiger partial charge < -0.3 is 5.73 Å². The van der Waals surface area contributed by atoms with Crippen LogP contribution in [-0.2, 0) is 0 Å². The summed E-state index contributed by atoms with van der Waals surface area (Å²) in [6, 6.07) is 11.4. The van der Waals surface area contributed by atoms with Crippen LogP contribution in [0.15, 0.2) is 42.6 Å². The van der Waals surface area contributed by atoms with Gasteiger partial charge in [0, 0.05) is 6.20 Å². The normalized spacial score (nSPS) is 12.4. The van der Waals surface area contributed by atoms with E-state index in [0.29, 0.717) is 10.7 Å². The van der Waals surface area contributed by atoms with E-state index in [9.17, 15) is 0 Å². The van der Waals surface area contributed by atoms with Crippen LogP contribution in [0, 0.1) is 6.92 Å². The molecule has 0 saturated carbocycles. The molecular weight excluding hydrogens is 220 g/mol. The number of pyridine rings is 1. The van der Waals surface area contributed by atoms with Crippen molar-refractivity contribution >= 4 is 11.6 Å². The van der Waals surface area contributed by atoms with Crippen molar-refractivity contribution in [3.05, 3.63) is 64.4 Å². The maximum absolute atomic E-state index is 6.12. The van der Waals surface area contributed by atoms with Gasteiger partial charge in [-0.15, -0.1) is 0 Å². The third-order valence-corrected chi connectivity index (χ3v) is 2.84. The molecule has 0 radical (unpaired) electrons. The molecule has 1 aromatic heterocycles. The molecule has 0 aliphatic heterocycles. The summed E-state index contributed by atoms with van der Waals surface area (Å²) in [6.07, 6.45) is 1.70. The van der Waals surface area contributed by atoms with Gasteiger partial charge in [-0.1, -0.05) is 41.4 Å². The van der Waals surface area contributed by atoms with Gasteiger partial charge in [-0.2, -0.15) is 0 Å². The van der Waals surface area contributed by atoms with Gasteiger partial charge in [0.2, 0.25) is 0 Å². The molecular formula is C13H13ClN2. The highest BCUT2D eigenvalue weighted by Gasteiger charge is 2.12. The first-order chi connectivity index (χ1) is 7.68. The summed E-state index contributed by atoms with van der Waals surface area (Å²) < 4.78 is 0. The number of nitrogens with zero attached hydrogens (tertiary/aromatic N) is 1. The summed E-state index contributed by atoms with van der Waals surface area (Å²) in [7, 11) is 0. The van der Waals surface area contributed by atoms with Crippen LogP contribution in [0.5, 0.6) is 0 Å². The molecule has 82 valence electrons. The monoisotopic (exact) mass is 232 g/mol. The summed E-state index contributed by atoms with van der Waals surface area (Å²) >= 11 is 6.06. The summed E-state index contributed by atoms with van der Waals surface area (Å²) in [5.41, 5.74) is 9.07. The molecule has 0 bridgehead atoms.